The van der Waals surface area contributed by atoms with Gasteiger partial charge in [0.2, 0.25) is 12.2 Å². The van der Waals surface area contributed by atoms with Gasteiger partial charge in [0.05, 0.1) is 0 Å². The van der Waals surface area contributed by atoms with Gasteiger partial charge in [-0.05, 0) is 36.4 Å². The monoisotopic (exact) mass is 257 g/mol. The summed E-state index contributed by atoms with van der Waals surface area (Å²) in [5.74, 6) is 0.981. The van der Waals surface area contributed by atoms with E-state index in [0.29, 0.717) is 11.3 Å². The van der Waals surface area contributed by atoms with E-state index in [4.69, 9.17) is 4.42 Å². The van der Waals surface area contributed by atoms with Crippen molar-refractivity contribution < 1.29 is 14.0 Å². The highest BCUT2D eigenvalue weighted by atomic mass is 16.3. The fraction of sp³-hybridized carbons (Fsp3) is 0.200. The molecule has 0 unspecified atom stereocenters. The normalized spacial score (nSPS) is 10.2. The quantitative estimate of drug-likeness (QED) is 0.611. The smallest absolute Gasteiger partial charge is 0.228 e. The van der Waals surface area contributed by atoms with Crippen molar-refractivity contribution in [3.05, 3.63) is 53.5 Å². The Labute approximate surface area is 111 Å². The Hall–Kier alpha value is -2.36. The maximum absolute atomic E-state index is 12.1. The van der Waals surface area contributed by atoms with Crippen LogP contribution in [0.1, 0.15) is 28.8 Å². The Kier molecular flexibility index (Phi) is 3.80. The van der Waals surface area contributed by atoms with Gasteiger partial charge < -0.3 is 9.32 Å². The largest absolute Gasteiger partial charge is 0.458 e. The minimum absolute atomic E-state index is 0.153. The summed E-state index contributed by atoms with van der Waals surface area (Å²) in [6.45, 7) is 1.97. The van der Waals surface area contributed by atoms with E-state index in [0.717, 1.165) is 24.3 Å². The van der Waals surface area contributed by atoms with E-state index in [1.165, 1.54) is 4.90 Å². The third-order valence-electron chi connectivity index (χ3n) is 2.93. The number of nitrogens with zero attached hydrogens (tertiary/aromatic N) is 1. The molecule has 0 aliphatic heterocycles. The van der Waals surface area contributed by atoms with Crippen LogP contribution >= 0.6 is 0 Å². The van der Waals surface area contributed by atoms with Crippen molar-refractivity contribution in [2.75, 3.05) is 11.9 Å². The van der Waals surface area contributed by atoms with Gasteiger partial charge in [0.15, 0.2) is 5.76 Å². The van der Waals surface area contributed by atoms with Gasteiger partial charge in [-0.15, -0.1) is 0 Å². The van der Waals surface area contributed by atoms with Crippen LogP contribution in [0.4, 0.5) is 5.69 Å². The molecule has 0 aliphatic carbocycles. The summed E-state index contributed by atoms with van der Waals surface area (Å²) in [4.78, 5) is 24.2. The number of amides is 1. The fourth-order valence-electron chi connectivity index (χ4n) is 1.74. The zero-order valence-electron chi connectivity index (χ0n) is 10.9. The highest BCUT2D eigenvalue weighted by Crippen LogP contribution is 2.17. The average molecular weight is 257 g/mol. The minimum Gasteiger partial charge on any atom is -0.458 e. The summed E-state index contributed by atoms with van der Waals surface area (Å²) in [7, 11) is 1.66. The molecule has 0 fully saturated rings. The van der Waals surface area contributed by atoms with E-state index in [2.05, 4.69) is 0 Å². The van der Waals surface area contributed by atoms with Crippen molar-refractivity contribution in [1.29, 1.82) is 0 Å². The number of ketones is 1. The molecule has 4 heteroatoms. The van der Waals surface area contributed by atoms with Crippen LogP contribution in [0, 0.1) is 0 Å². The van der Waals surface area contributed by atoms with E-state index in [9.17, 15) is 9.59 Å². The van der Waals surface area contributed by atoms with E-state index >= 15 is 0 Å². The molecule has 1 heterocycles. The van der Waals surface area contributed by atoms with Crippen LogP contribution < -0.4 is 4.90 Å². The van der Waals surface area contributed by atoms with Gasteiger partial charge in [-0.25, -0.2) is 0 Å². The standard InChI is InChI=1S/C15H15NO3/c1-3-13-8-9-14(19-13)15(18)11-4-6-12(7-5-11)16(2)10-17/h4-10H,3H2,1-2H3. The number of benzene rings is 1. The molecular weight excluding hydrogens is 242 g/mol. The van der Waals surface area contributed by atoms with Gasteiger partial charge in [0.1, 0.15) is 5.76 Å². The third-order valence-corrected chi connectivity index (χ3v) is 2.93. The Balaban J connectivity index is 2.22. The van der Waals surface area contributed by atoms with Crippen LogP contribution in [0.25, 0.3) is 0 Å². The Bertz CT molecular complexity index is 584. The van der Waals surface area contributed by atoms with E-state index in [1.807, 2.05) is 13.0 Å². The lowest BCUT2D eigenvalue weighted by Crippen LogP contribution is -2.13. The van der Waals surface area contributed by atoms with Crippen LogP contribution in [0.15, 0.2) is 40.8 Å². The van der Waals surface area contributed by atoms with E-state index < -0.39 is 0 Å². The highest BCUT2D eigenvalue weighted by molar-refractivity contribution is 6.07. The number of rotatable bonds is 5. The second-order valence-electron chi connectivity index (χ2n) is 4.21. The van der Waals surface area contributed by atoms with Crippen molar-refractivity contribution in [2.24, 2.45) is 0 Å². The second kappa shape index (κ2) is 5.52. The molecule has 0 spiro atoms. The van der Waals surface area contributed by atoms with Crippen LogP contribution in [-0.4, -0.2) is 19.2 Å². The molecule has 2 rings (SSSR count). The molecule has 1 amide bonds. The van der Waals surface area contributed by atoms with Crippen molar-refractivity contribution in [3.8, 4) is 0 Å². The van der Waals surface area contributed by atoms with E-state index in [-0.39, 0.29) is 5.78 Å². The number of furan rings is 1. The summed E-state index contributed by atoms with van der Waals surface area (Å²) < 4.78 is 5.43. The predicted octanol–water partition coefficient (Wildman–Crippen LogP) is 2.67. The van der Waals surface area contributed by atoms with Crippen molar-refractivity contribution in [1.82, 2.24) is 0 Å². The Morgan fingerprint density at radius 3 is 2.42 bits per heavy atom. The number of carbonyl (C=O) groups is 2. The number of carbonyl (C=O) groups excluding carboxylic acids is 2. The lowest BCUT2D eigenvalue weighted by molar-refractivity contribution is -0.107. The summed E-state index contributed by atoms with van der Waals surface area (Å²) in [6.07, 6.45) is 1.48. The molecule has 0 N–H and O–H groups in total. The number of aryl methyl sites for hydroxylation is 1. The molecule has 0 saturated carbocycles. The molecule has 0 bridgehead atoms. The first-order valence-electron chi connectivity index (χ1n) is 6.07. The van der Waals surface area contributed by atoms with Crippen molar-refractivity contribution in [2.45, 2.75) is 13.3 Å². The fourth-order valence-corrected chi connectivity index (χ4v) is 1.74. The number of anilines is 1. The van der Waals surface area contributed by atoms with Crippen LogP contribution in [0.3, 0.4) is 0 Å². The van der Waals surface area contributed by atoms with Crippen LogP contribution in [0.2, 0.25) is 0 Å². The maximum atomic E-state index is 12.1. The first-order valence-corrected chi connectivity index (χ1v) is 6.07. The molecule has 19 heavy (non-hydrogen) atoms. The summed E-state index contributed by atoms with van der Waals surface area (Å²) >= 11 is 0. The molecule has 1 aromatic carbocycles. The lowest BCUT2D eigenvalue weighted by Gasteiger charge is -2.10. The summed E-state index contributed by atoms with van der Waals surface area (Å²) in [6, 6.07) is 10.3. The molecule has 0 atom stereocenters. The first-order chi connectivity index (χ1) is 9.15. The average Bonchev–Trinajstić information content (AvgIpc) is 2.94. The Morgan fingerprint density at radius 1 is 1.21 bits per heavy atom. The molecule has 0 saturated heterocycles. The van der Waals surface area contributed by atoms with Crippen LogP contribution in [0.5, 0.6) is 0 Å². The van der Waals surface area contributed by atoms with Gasteiger partial charge in [0, 0.05) is 24.7 Å². The van der Waals surface area contributed by atoms with Gasteiger partial charge >= 0.3 is 0 Å². The molecule has 2 aromatic rings. The van der Waals surface area contributed by atoms with E-state index in [1.54, 1.807) is 37.4 Å². The molecular formula is C15H15NO3. The minimum atomic E-state index is -0.153. The number of hydrogen-bond donors (Lipinski definition) is 0. The first kappa shape index (κ1) is 13.1. The Morgan fingerprint density at radius 2 is 1.89 bits per heavy atom. The van der Waals surface area contributed by atoms with Gasteiger partial charge in [-0.1, -0.05) is 6.92 Å². The van der Waals surface area contributed by atoms with Crippen molar-refractivity contribution in [3.63, 3.8) is 0 Å². The zero-order chi connectivity index (χ0) is 13.8. The predicted molar refractivity (Wildman–Crippen MR) is 72.4 cm³/mol. The lowest BCUT2D eigenvalue weighted by atomic mass is 10.1. The molecule has 98 valence electrons. The molecule has 1 aromatic heterocycles. The van der Waals surface area contributed by atoms with Crippen molar-refractivity contribution >= 4 is 17.9 Å². The number of hydrogen-bond acceptors (Lipinski definition) is 3. The third kappa shape index (κ3) is 2.73. The van der Waals surface area contributed by atoms with Gasteiger partial charge in [-0.3, -0.25) is 9.59 Å². The zero-order valence-corrected chi connectivity index (χ0v) is 10.9. The molecule has 0 radical (unpaired) electrons. The van der Waals surface area contributed by atoms with Gasteiger partial charge in [0.25, 0.3) is 0 Å². The maximum Gasteiger partial charge on any atom is 0.228 e. The molecule has 0 aliphatic rings. The topological polar surface area (TPSA) is 50.5 Å². The summed E-state index contributed by atoms with van der Waals surface area (Å²) in [5, 5.41) is 0. The highest BCUT2D eigenvalue weighted by Gasteiger charge is 2.13. The second-order valence-corrected chi connectivity index (χ2v) is 4.21. The molecule has 4 nitrogen and oxygen atoms in total. The van der Waals surface area contributed by atoms with Crippen LogP contribution in [-0.2, 0) is 11.2 Å². The van der Waals surface area contributed by atoms with Gasteiger partial charge in [-0.2, -0.15) is 0 Å². The summed E-state index contributed by atoms with van der Waals surface area (Å²) in [5.41, 5.74) is 1.28. The SMILES string of the molecule is CCc1ccc(C(=O)c2ccc(N(C)C=O)cc2)o1.